The molecule has 0 saturated carbocycles. The molecule has 0 aliphatic carbocycles. The second-order valence-corrected chi connectivity index (χ2v) is 5.95. The van der Waals surface area contributed by atoms with Crippen molar-refractivity contribution in [3.05, 3.63) is 80.0 Å². The highest BCUT2D eigenvalue weighted by molar-refractivity contribution is 6.31. The monoisotopic (exact) mass is 372 g/mol. The number of benzene rings is 2. The van der Waals surface area contributed by atoms with Crippen molar-refractivity contribution >= 4 is 22.5 Å². The summed E-state index contributed by atoms with van der Waals surface area (Å²) in [5.74, 6) is -0.864. The van der Waals surface area contributed by atoms with Crippen LogP contribution < -0.4 is 11.3 Å². The maximum Gasteiger partial charge on any atom is 0.437 e. The van der Waals surface area contributed by atoms with Crippen LogP contribution in [0.25, 0.3) is 22.4 Å². The standard InChI is InChI=1S/C17H10ClFN4O3/c18-10-3-6-12-13(7-10)20-14(21-15(12)24)8-23-17(25)26-16(22-23)9-1-4-11(19)5-2-9/h1-7H,8H2,(H,20,21,24). The third-order valence-corrected chi connectivity index (χ3v) is 3.95. The molecular weight excluding hydrogens is 363 g/mol. The molecule has 4 rings (SSSR count). The van der Waals surface area contributed by atoms with Crippen LogP contribution in [0.4, 0.5) is 4.39 Å². The van der Waals surface area contributed by atoms with E-state index in [-0.39, 0.29) is 23.8 Å². The molecule has 0 aliphatic rings. The molecule has 9 heteroatoms. The average molecular weight is 373 g/mol. The van der Waals surface area contributed by atoms with Crippen LogP contribution in [0.15, 0.2) is 56.5 Å². The Hall–Kier alpha value is -3.26. The van der Waals surface area contributed by atoms with Gasteiger partial charge in [0, 0.05) is 10.6 Å². The van der Waals surface area contributed by atoms with Crippen molar-refractivity contribution in [1.29, 1.82) is 0 Å². The number of rotatable bonds is 3. The van der Waals surface area contributed by atoms with Gasteiger partial charge in [-0.1, -0.05) is 11.6 Å². The van der Waals surface area contributed by atoms with Crippen LogP contribution in [0.3, 0.4) is 0 Å². The van der Waals surface area contributed by atoms with Crippen molar-refractivity contribution in [2.75, 3.05) is 0 Å². The van der Waals surface area contributed by atoms with Crippen LogP contribution in [0.5, 0.6) is 0 Å². The van der Waals surface area contributed by atoms with E-state index < -0.39 is 11.6 Å². The van der Waals surface area contributed by atoms with Crippen molar-refractivity contribution in [3.63, 3.8) is 0 Å². The highest BCUT2D eigenvalue weighted by Crippen LogP contribution is 2.16. The lowest BCUT2D eigenvalue weighted by atomic mass is 10.2. The van der Waals surface area contributed by atoms with Gasteiger partial charge >= 0.3 is 5.76 Å². The molecule has 2 aromatic heterocycles. The van der Waals surface area contributed by atoms with E-state index in [1.807, 2.05) is 0 Å². The number of aromatic nitrogens is 4. The highest BCUT2D eigenvalue weighted by atomic mass is 35.5. The van der Waals surface area contributed by atoms with Crippen LogP contribution in [-0.2, 0) is 6.54 Å². The fourth-order valence-corrected chi connectivity index (χ4v) is 2.66. The van der Waals surface area contributed by atoms with E-state index in [0.29, 0.717) is 21.5 Å². The molecule has 0 atom stereocenters. The number of aromatic amines is 1. The summed E-state index contributed by atoms with van der Waals surface area (Å²) in [4.78, 5) is 31.0. The summed E-state index contributed by atoms with van der Waals surface area (Å²) in [6.45, 7) is -0.0960. The number of hydrogen-bond acceptors (Lipinski definition) is 5. The second kappa shape index (κ2) is 6.23. The van der Waals surface area contributed by atoms with E-state index in [0.717, 1.165) is 4.68 Å². The van der Waals surface area contributed by atoms with E-state index >= 15 is 0 Å². The quantitative estimate of drug-likeness (QED) is 0.596. The van der Waals surface area contributed by atoms with Gasteiger partial charge in [-0.2, -0.15) is 4.68 Å². The van der Waals surface area contributed by atoms with E-state index in [1.165, 1.54) is 24.3 Å². The van der Waals surface area contributed by atoms with E-state index in [9.17, 15) is 14.0 Å². The first-order valence-electron chi connectivity index (χ1n) is 7.52. The lowest BCUT2D eigenvalue weighted by Crippen LogP contribution is -2.21. The van der Waals surface area contributed by atoms with Gasteiger partial charge in [0.25, 0.3) is 5.56 Å². The normalized spacial score (nSPS) is 11.2. The van der Waals surface area contributed by atoms with E-state index in [2.05, 4.69) is 15.1 Å². The maximum atomic E-state index is 13.0. The molecule has 7 nitrogen and oxygen atoms in total. The van der Waals surface area contributed by atoms with Gasteiger partial charge in [0.2, 0.25) is 5.89 Å². The average Bonchev–Trinajstić information content (AvgIpc) is 2.96. The number of nitrogens with one attached hydrogen (secondary N) is 1. The number of H-pyrrole nitrogens is 1. The first-order chi connectivity index (χ1) is 12.5. The molecule has 4 aromatic rings. The van der Waals surface area contributed by atoms with E-state index in [4.69, 9.17) is 16.0 Å². The van der Waals surface area contributed by atoms with Crippen LogP contribution in [0, 0.1) is 5.82 Å². The van der Waals surface area contributed by atoms with Crippen LogP contribution in [0.2, 0.25) is 5.02 Å². The van der Waals surface area contributed by atoms with Crippen molar-refractivity contribution in [2.24, 2.45) is 0 Å². The second-order valence-electron chi connectivity index (χ2n) is 5.51. The molecule has 2 aromatic carbocycles. The lowest BCUT2D eigenvalue weighted by molar-refractivity contribution is 0.491. The summed E-state index contributed by atoms with van der Waals surface area (Å²) in [6.07, 6.45) is 0. The summed E-state index contributed by atoms with van der Waals surface area (Å²) in [6, 6.07) is 10.1. The molecule has 2 heterocycles. The van der Waals surface area contributed by atoms with Crippen LogP contribution in [-0.4, -0.2) is 19.7 Å². The van der Waals surface area contributed by atoms with Gasteiger partial charge in [0.15, 0.2) is 0 Å². The third-order valence-electron chi connectivity index (χ3n) is 3.71. The molecule has 26 heavy (non-hydrogen) atoms. The van der Waals surface area contributed by atoms with Crippen LogP contribution in [0.1, 0.15) is 5.82 Å². The number of halogens is 2. The molecule has 0 fully saturated rings. The van der Waals surface area contributed by atoms with Crippen molar-refractivity contribution in [3.8, 4) is 11.5 Å². The predicted molar refractivity (Wildman–Crippen MR) is 92.6 cm³/mol. The summed E-state index contributed by atoms with van der Waals surface area (Å²) >= 11 is 5.93. The van der Waals surface area contributed by atoms with Gasteiger partial charge in [-0.3, -0.25) is 4.79 Å². The number of nitrogens with zero attached hydrogens (tertiary/aromatic N) is 3. The fourth-order valence-electron chi connectivity index (χ4n) is 2.49. The minimum absolute atomic E-state index is 0.0428. The van der Waals surface area contributed by atoms with Gasteiger partial charge in [0.05, 0.1) is 10.9 Å². The molecule has 0 aliphatic heterocycles. The largest absolute Gasteiger partial charge is 0.437 e. The topological polar surface area (TPSA) is 93.8 Å². The molecule has 0 spiro atoms. The summed E-state index contributed by atoms with van der Waals surface area (Å²) < 4.78 is 19.1. The Kier molecular flexibility index (Phi) is 3.89. The maximum absolute atomic E-state index is 13.0. The molecule has 1 N–H and O–H groups in total. The molecule has 0 unspecified atom stereocenters. The SMILES string of the molecule is O=c1[nH]c(Cn2nc(-c3ccc(F)cc3)oc2=O)nc2cc(Cl)ccc12. The Labute approximate surface area is 149 Å². The molecule has 0 saturated heterocycles. The molecular formula is C17H10ClFN4O3. The van der Waals surface area contributed by atoms with Gasteiger partial charge < -0.3 is 9.40 Å². The minimum atomic E-state index is -0.724. The van der Waals surface area contributed by atoms with Gasteiger partial charge in [-0.05, 0) is 42.5 Å². The van der Waals surface area contributed by atoms with Gasteiger partial charge in [-0.15, -0.1) is 5.10 Å². The predicted octanol–water partition coefficient (Wildman–Crippen LogP) is 2.58. The number of fused-ring (bicyclic) bond motifs is 1. The smallest absolute Gasteiger partial charge is 0.388 e. The zero-order valence-corrected chi connectivity index (χ0v) is 13.8. The minimum Gasteiger partial charge on any atom is -0.388 e. The van der Waals surface area contributed by atoms with Crippen molar-refractivity contribution in [2.45, 2.75) is 6.54 Å². The Morgan fingerprint density at radius 1 is 1.15 bits per heavy atom. The zero-order chi connectivity index (χ0) is 18.3. The molecule has 0 bridgehead atoms. The van der Waals surface area contributed by atoms with Crippen molar-refractivity contribution in [1.82, 2.24) is 19.7 Å². The zero-order valence-electron chi connectivity index (χ0n) is 13.1. The Morgan fingerprint density at radius 2 is 1.92 bits per heavy atom. The van der Waals surface area contributed by atoms with E-state index in [1.54, 1.807) is 18.2 Å². The van der Waals surface area contributed by atoms with Crippen molar-refractivity contribution < 1.29 is 8.81 Å². The summed E-state index contributed by atoms with van der Waals surface area (Å²) in [7, 11) is 0. The molecule has 0 amide bonds. The fraction of sp³-hybridized carbons (Fsp3) is 0.0588. The van der Waals surface area contributed by atoms with Gasteiger partial charge in [0.1, 0.15) is 18.2 Å². The Balaban J connectivity index is 1.71. The Morgan fingerprint density at radius 3 is 2.69 bits per heavy atom. The molecule has 0 radical (unpaired) electrons. The first-order valence-corrected chi connectivity index (χ1v) is 7.90. The third kappa shape index (κ3) is 3.02. The Bertz CT molecular complexity index is 1230. The van der Waals surface area contributed by atoms with Gasteiger partial charge in [-0.25, -0.2) is 14.2 Å². The number of hydrogen-bond donors (Lipinski definition) is 1. The lowest BCUT2D eigenvalue weighted by Gasteiger charge is -2.02. The highest BCUT2D eigenvalue weighted by Gasteiger charge is 2.13. The summed E-state index contributed by atoms with van der Waals surface area (Å²) in [5, 5.41) is 4.89. The van der Waals surface area contributed by atoms with Crippen LogP contribution >= 0.6 is 11.6 Å². The molecule has 130 valence electrons. The first kappa shape index (κ1) is 16.2. The summed E-state index contributed by atoms with van der Waals surface area (Å²) in [5.41, 5.74) is 0.512.